The molecule has 2 atom stereocenters. The van der Waals surface area contributed by atoms with Crippen molar-refractivity contribution in [3.05, 3.63) is 81.3 Å². The molecule has 356 valence electrons. The van der Waals surface area contributed by atoms with Crippen LogP contribution < -0.4 is 25.0 Å². The van der Waals surface area contributed by atoms with Crippen LogP contribution in [0.1, 0.15) is 116 Å². The van der Waals surface area contributed by atoms with Crippen molar-refractivity contribution < 1.29 is 37.8 Å². The van der Waals surface area contributed by atoms with Crippen LogP contribution in [-0.2, 0) is 14.4 Å². The highest BCUT2D eigenvalue weighted by atomic mass is 79.9. The van der Waals surface area contributed by atoms with E-state index in [1.807, 2.05) is 41.0 Å². The van der Waals surface area contributed by atoms with E-state index in [0.29, 0.717) is 49.4 Å². The van der Waals surface area contributed by atoms with Gasteiger partial charge in [0.2, 0.25) is 17.7 Å². The van der Waals surface area contributed by atoms with Gasteiger partial charge < -0.3 is 24.6 Å². The first-order chi connectivity index (χ1) is 32.4. The second-order valence-corrected chi connectivity index (χ2v) is 19.1. The molecular formula is C50H60BrFN8O7. The summed E-state index contributed by atoms with van der Waals surface area (Å²) in [6.07, 6.45) is 8.57. The summed E-state index contributed by atoms with van der Waals surface area (Å²) in [6, 6.07) is 13.5. The number of nitrogens with zero attached hydrogens (tertiary/aromatic N) is 6. The van der Waals surface area contributed by atoms with Gasteiger partial charge in [-0.2, -0.15) is 0 Å². The summed E-state index contributed by atoms with van der Waals surface area (Å²) >= 11 is 3.56. The van der Waals surface area contributed by atoms with Gasteiger partial charge >= 0.3 is 0 Å². The number of fused-ring (bicyclic) bond motifs is 2. The number of imide groups is 2. The summed E-state index contributed by atoms with van der Waals surface area (Å²) in [5, 5.41) is 6.60. The number of aromatic nitrogens is 2. The maximum Gasteiger partial charge on any atom is 0.262 e. The lowest BCUT2D eigenvalue weighted by atomic mass is 9.95. The molecule has 2 N–H and O–H groups in total. The van der Waals surface area contributed by atoms with Crippen molar-refractivity contribution in [1.29, 1.82) is 0 Å². The monoisotopic (exact) mass is 982 g/mol. The van der Waals surface area contributed by atoms with Crippen LogP contribution in [0.25, 0.3) is 10.9 Å². The van der Waals surface area contributed by atoms with Crippen LogP contribution in [0.3, 0.4) is 0 Å². The highest BCUT2D eigenvalue weighted by Crippen LogP contribution is 2.37. The molecule has 15 nitrogen and oxygen atoms in total. The van der Waals surface area contributed by atoms with E-state index in [1.165, 1.54) is 6.07 Å². The van der Waals surface area contributed by atoms with Crippen molar-refractivity contribution in [3.63, 3.8) is 0 Å². The fourth-order valence-corrected chi connectivity index (χ4v) is 10.2. The molecular weight excluding hydrogens is 924 g/mol. The summed E-state index contributed by atoms with van der Waals surface area (Å²) in [4.78, 5) is 80.2. The predicted molar refractivity (Wildman–Crippen MR) is 256 cm³/mol. The number of carbonyl (C=O) groups excluding carboxylic acids is 5. The molecule has 3 saturated heterocycles. The topological polar surface area (TPSA) is 167 Å². The van der Waals surface area contributed by atoms with Crippen LogP contribution in [0.5, 0.6) is 11.5 Å². The molecule has 5 heterocycles. The Labute approximate surface area is 399 Å². The second kappa shape index (κ2) is 21.5. The summed E-state index contributed by atoms with van der Waals surface area (Å²) in [5.74, 6) is 0.326. The van der Waals surface area contributed by atoms with Crippen molar-refractivity contribution in [2.75, 3.05) is 69.7 Å². The second-order valence-electron chi connectivity index (χ2n) is 18.2. The molecule has 3 aromatic carbocycles. The normalized spacial score (nSPS) is 18.6. The number of hydrogen-bond donors (Lipinski definition) is 2. The van der Waals surface area contributed by atoms with Gasteiger partial charge in [0, 0.05) is 74.6 Å². The van der Waals surface area contributed by atoms with E-state index < -0.39 is 35.5 Å². The Morgan fingerprint density at radius 1 is 0.881 bits per heavy atom. The van der Waals surface area contributed by atoms with Crippen LogP contribution in [0.4, 0.5) is 15.9 Å². The molecule has 4 aliphatic rings. The number of nitrogens with one attached hydrogen (secondary N) is 2. The zero-order valence-corrected chi connectivity index (χ0v) is 40.2. The average molecular weight is 984 g/mol. The summed E-state index contributed by atoms with van der Waals surface area (Å²) in [6.45, 7) is 9.58. The highest BCUT2D eigenvalue weighted by Gasteiger charge is 2.45. The van der Waals surface area contributed by atoms with E-state index in [2.05, 4.69) is 50.5 Å². The SMILES string of the molecule is COc1cc2c(N[C@H](C)c3cccc(Br)c3)nc(C)nc2cc1OCCCCCCCCC(=O)N1CCC(CN2CCN(c3cc4c(cc3F)C(=O)N(C3CCC(=O)NC3=O)C4=O)CC2)CC1. The standard InChI is InChI=1S/C50H60BrFN8O7/c1-31(34-11-10-12-35(51)25-34)53-47-38-28-43(66-3)44(29-40(38)54-32(2)55-47)67-24-9-7-5-4-6-8-13-46(62)59-18-16-33(17-19-59)30-57-20-22-58(23-21-57)42-27-37-36(26-39(42)52)49(64)60(50(37)65)41-14-15-45(61)56-48(41)63/h10-12,25-29,31,33,41H,4-9,13-24,30H2,1-3H3,(H,53,54,55)(H,56,61,63)/t31-,41?/m1/s1. The van der Waals surface area contributed by atoms with Crippen LogP contribution in [0.15, 0.2) is 53.0 Å². The number of likely N-dealkylation sites (tertiary alicyclic amines) is 1. The minimum Gasteiger partial charge on any atom is -0.493 e. The molecule has 0 saturated carbocycles. The molecule has 1 aromatic heterocycles. The average Bonchev–Trinajstić information content (AvgIpc) is 3.55. The number of amides is 5. The van der Waals surface area contributed by atoms with Gasteiger partial charge in [-0.25, -0.2) is 14.4 Å². The van der Waals surface area contributed by atoms with E-state index in [4.69, 9.17) is 19.4 Å². The maximum atomic E-state index is 15.4. The molecule has 8 rings (SSSR count). The number of benzene rings is 3. The van der Waals surface area contributed by atoms with Gasteiger partial charge in [-0.3, -0.25) is 39.1 Å². The quantitative estimate of drug-likeness (QED) is 0.0742. The molecule has 4 aromatic rings. The fraction of sp³-hybridized carbons (Fsp3) is 0.500. The Morgan fingerprint density at radius 3 is 2.31 bits per heavy atom. The Bertz CT molecular complexity index is 2510. The van der Waals surface area contributed by atoms with Crippen molar-refractivity contribution in [1.82, 2.24) is 30.0 Å². The largest absolute Gasteiger partial charge is 0.493 e. The molecule has 67 heavy (non-hydrogen) atoms. The van der Waals surface area contributed by atoms with E-state index >= 15 is 4.39 Å². The summed E-state index contributed by atoms with van der Waals surface area (Å²) in [7, 11) is 1.64. The zero-order valence-electron chi connectivity index (χ0n) is 38.6. The number of piperazine rings is 1. The number of carbonyl (C=O) groups is 5. The number of aryl methyl sites for hydroxylation is 1. The van der Waals surface area contributed by atoms with Crippen molar-refractivity contribution in [2.45, 2.75) is 96.6 Å². The number of methoxy groups -OCH3 is 1. The lowest BCUT2D eigenvalue weighted by Gasteiger charge is -2.39. The van der Waals surface area contributed by atoms with Crippen molar-refractivity contribution in [3.8, 4) is 11.5 Å². The molecule has 17 heteroatoms. The van der Waals surface area contributed by atoms with Gasteiger partial charge in [0.15, 0.2) is 11.5 Å². The van der Waals surface area contributed by atoms with Crippen LogP contribution in [-0.4, -0.2) is 120 Å². The number of anilines is 2. The van der Waals surface area contributed by atoms with E-state index in [-0.39, 0.29) is 41.6 Å². The number of piperidine rings is 2. The van der Waals surface area contributed by atoms with Crippen LogP contribution in [0.2, 0.25) is 0 Å². The molecule has 4 aliphatic heterocycles. The summed E-state index contributed by atoms with van der Waals surface area (Å²) < 4.78 is 28.4. The van der Waals surface area contributed by atoms with Gasteiger partial charge in [0.05, 0.1) is 42.1 Å². The first-order valence-electron chi connectivity index (χ1n) is 23.7. The van der Waals surface area contributed by atoms with Gasteiger partial charge in [-0.05, 0) is 87.8 Å². The van der Waals surface area contributed by atoms with Gasteiger partial charge in [0.25, 0.3) is 11.8 Å². The number of rotatable bonds is 18. The lowest BCUT2D eigenvalue weighted by Crippen LogP contribution is -2.54. The highest BCUT2D eigenvalue weighted by molar-refractivity contribution is 9.10. The Morgan fingerprint density at radius 2 is 1.60 bits per heavy atom. The number of halogens is 2. The molecule has 1 unspecified atom stereocenters. The molecule has 5 amide bonds. The Hall–Kier alpha value is -5.68. The molecule has 0 spiro atoms. The molecule has 0 bridgehead atoms. The first-order valence-corrected chi connectivity index (χ1v) is 24.5. The third-order valence-corrected chi connectivity index (χ3v) is 14.0. The van der Waals surface area contributed by atoms with Gasteiger partial charge in [-0.15, -0.1) is 0 Å². The maximum absolute atomic E-state index is 15.4. The number of unbranched alkanes of at least 4 members (excludes halogenated alkanes) is 5. The van der Waals surface area contributed by atoms with Crippen LogP contribution >= 0.6 is 15.9 Å². The fourth-order valence-electron chi connectivity index (χ4n) is 9.75. The van der Waals surface area contributed by atoms with Crippen molar-refractivity contribution in [2.24, 2.45) is 5.92 Å². The number of ether oxygens (including phenoxy) is 2. The molecule has 3 fully saturated rings. The molecule has 0 aliphatic carbocycles. The third-order valence-electron chi connectivity index (χ3n) is 13.5. The smallest absolute Gasteiger partial charge is 0.262 e. The Kier molecular flexibility index (Phi) is 15.4. The first kappa shape index (κ1) is 47.8. The number of hydrogen-bond acceptors (Lipinski definition) is 12. The van der Waals surface area contributed by atoms with Gasteiger partial charge in [-0.1, -0.05) is 53.7 Å². The Balaban J connectivity index is 0.699. The van der Waals surface area contributed by atoms with Crippen LogP contribution in [0, 0.1) is 18.7 Å². The minimum absolute atomic E-state index is 0.0178. The van der Waals surface area contributed by atoms with E-state index in [0.717, 1.165) is 122 Å². The molecule has 0 radical (unpaired) electrons. The zero-order chi connectivity index (χ0) is 47.2. The summed E-state index contributed by atoms with van der Waals surface area (Å²) in [5.41, 5.74) is 2.20. The minimum atomic E-state index is -1.10. The van der Waals surface area contributed by atoms with E-state index in [1.54, 1.807) is 7.11 Å². The predicted octanol–water partition coefficient (Wildman–Crippen LogP) is 7.59. The van der Waals surface area contributed by atoms with E-state index in [9.17, 15) is 24.0 Å². The van der Waals surface area contributed by atoms with Gasteiger partial charge in [0.1, 0.15) is 23.5 Å². The van der Waals surface area contributed by atoms with Crippen molar-refractivity contribution >= 4 is 67.9 Å². The third kappa shape index (κ3) is 11.2. The lowest BCUT2D eigenvalue weighted by molar-refractivity contribution is -0.136.